The number of halogens is 2. The highest BCUT2D eigenvalue weighted by Crippen LogP contribution is 2.37. The number of alkyl halides is 1. The van der Waals surface area contributed by atoms with E-state index in [9.17, 15) is 0 Å². The summed E-state index contributed by atoms with van der Waals surface area (Å²) in [4.78, 5) is 0. The molecule has 100 valence electrons. The average molecular weight is 285 g/mol. The van der Waals surface area contributed by atoms with Gasteiger partial charge in [0.2, 0.25) is 0 Å². The molecule has 0 saturated heterocycles. The van der Waals surface area contributed by atoms with Crippen molar-refractivity contribution in [3.8, 4) is 0 Å². The molecular weight excluding hydrogens is 263 g/mol. The summed E-state index contributed by atoms with van der Waals surface area (Å²) in [6, 6.07) is 4.20. The highest BCUT2D eigenvalue weighted by Gasteiger charge is 2.18. The molecule has 0 N–H and O–H groups in total. The molecule has 0 aromatic heterocycles. The van der Waals surface area contributed by atoms with Gasteiger partial charge in [0.25, 0.3) is 0 Å². The third kappa shape index (κ3) is 3.42. The van der Waals surface area contributed by atoms with Gasteiger partial charge in [0, 0.05) is 5.02 Å². The topological polar surface area (TPSA) is 0 Å². The highest BCUT2D eigenvalue weighted by molar-refractivity contribution is 6.32. The van der Waals surface area contributed by atoms with Crippen LogP contribution in [-0.2, 0) is 0 Å². The Balaban J connectivity index is 1.99. The number of hydrogen-bond acceptors (Lipinski definition) is 0. The third-order valence-corrected chi connectivity index (χ3v) is 5.03. The molecule has 1 atom stereocenters. The van der Waals surface area contributed by atoms with Crippen LogP contribution in [0, 0.1) is 19.8 Å². The summed E-state index contributed by atoms with van der Waals surface area (Å²) in [6.07, 6.45) is 7.89. The van der Waals surface area contributed by atoms with Crippen molar-refractivity contribution in [2.45, 2.75) is 57.7 Å². The Bertz CT molecular complexity index is 406. The van der Waals surface area contributed by atoms with Crippen LogP contribution in [0.1, 0.15) is 60.6 Å². The SMILES string of the molecule is Cc1cc(Cl)c(C(Cl)CCC2CCCC2)cc1C. The normalized spacial score (nSPS) is 18.2. The third-order valence-electron chi connectivity index (χ3n) is 4.25. The Morgan fingerprint density at radius 1 is 1.17 bits per heavy atom. The Morgan fingerprint density at radius 2 is 1.78 bits per heavy atom. The molecule has 1 aliphatic rings. The van der Waals surface area contributed by atoms with Crippen molar-refractivity contribution >= 4 is 23.2 Å². The van der Waals surface area contributed by atoms with E-state index in [0.717, 1.165) is 22.9 Å². The van der Waals surface area contributed by atoms with Gasteiger partial charge in [-0.25, -0.2) is 0 Å². The molecule has 2 rings (SSSR count). The molecule has 0 heterocycles. The molecule has 1 aliphatic carbocycles. The lowest BCUT2D eigenvalue weighted by atomic mass is 9.96. The Hall–Kier alpha value is -0.200. The fraction of sp³-hybridized carbons (Fsp3) is 0.625. The van der Waals surface area contributed by atoms with E-state index in [0.29, 0.717) is 0 Å². The van der Waals surface area contributed by atoms with Gasteiger partial charge < -0.3 is 0 Å². The second-order valence-electron chi connectivity index (χ2n) is 5.65. The highest BCUT2D eigenvalue weighted by atomic mass is 35.5. The molecule has 0 nitrogen and oxygen atoms in total. The first kappa shape index (κ1) is 14.2. The summed E-state index contributed by atoms with van der Waals surface area (Å²) in [6.45, 7) is 4.21. The minimum absolute atomic E-state index is 0.0670. The van der Waals surface area contributed by atoms with Crippen LogP contribution in [0.3, 0.4) is 0 Å². The first-order valence-corrected chi connectivity index (χ1v) is 7.80. The van der Waals surface area contributed by atoms with Crippen molar-refractivity contribution in [2.75, 3.05) is 0 Å². The van der Waals surface area contributed by atoms with Crippen LogP contribution in [0.15, 0.2) is 12.1 Å². The summed E-state index contributed by atoms with van der Waals surface area (Å²) in [5, 5.41) is 0.891. The zero-order chi connectivity index (χ0) is 13.1. The van der Waals surface area contributed by atoms with Crippen molar-refractivity contribution in [1.82, 2.24) is 0 Å². The molecular formula is C16H22Cl2. The summed E-state index contributed by atoms with van der Waals surface area (Å²) >= 11 is 12.8. The zero-order valence-electron chi connectivity index (χ0n) is 11.3. The summed E-state index contributed by atoms with van der Waals surface area (Å²) in [7, 11) is 0. The van der Waals surface area contributed by atoms with Crippen LogP contribution in [0.2, 0.25) is 5.02 Å². The van der Waals surface area contributed by atoms with Gasteiger partial charge in [0.1, 0.15) is 0 Å². The van der Waals surface area contributed by atoms with Gasteiger partial charge in [0.05, 0.1) is 5.38 Å². The Kier molecular flexibility index (Phi) is 4.98. The monoisotopic (exact) mass is 284 g/mol. The molecule has 0 bridgehead atoms. The quantitative estimate of drug-likeness (QED) is 0.577. The Labute approximate surface area is 121 Å². The maximum atomic E-state index is 6.53. The number of benzene rings is 1. The van der Waals surface area contributed by atoms with Gasteiger partial charge in [-0.15, -0.1) is 11.6 Å². The van der Waals surface area contributed by atoms with Gasteiger partial charge in [-0.05, 0) is 55.4 Å². The standard InChI is InChI=1S/C16H22Cl2/c1-11-9-14(16(18)10-12(11)2)15(17)8-7-13-5-3-4-6-13/h9-10,13,15H,3-8H2,1-2H3. The second kappa shape index (κ2) is 6.30. The maximum Gasteiger partial charge on any atom is 0.0600 e. The second-order valence-corrected chi connectivity index (χ2v) is 6.59. The average Bonchev–Trinajstić information content (AvgIpc) is 2.84. The molecule has 1 unspecified atom stereocenters. The minimum atomic E-state index is 0.0670. The maximum absolute atomic E-state index is 6.53. The van der Waals surface area contributed by atoms with Gasteiger partial charge in [0.15, 0.2) is 0 Å². The van der Waals surface area contributed by atoms with E-state index in [1.807, 2.05) is 6.07 Å². The predicted molar refractivity (Wildman–Crippen MR) is 80.7 cm³/mol. The van der Waals surface area contributed by atoms with Crippen molar-refractivity contribution < 1.29 is 0 Å². The van der Waals surface area contributed by atoms with Gasteiger partial charge in [-0.2, -0.15) is 0 Å². The summed E-state index contributed by atoms with van der Waals surface area (Å²) in [5.74, 6) is 0.900. The summed E-state index contributed by atoms with van der Waals surface area (Å²) < 4.78 is 0. The van der Waals surface area contributed by atoms with Gasteiger partial charge in [-0.3, -0.25) is 0 Å². The molecule has 18 heavy (non-hydrogen) atoms. The molecule has 0 spiro atoms. The fourth-order valence-corrected chi connectivity index (χ4v) is 3.59. The van der Waals surface area contributed by atoms with Crippen molar-refractivity contribution in [1.29, 1.82) is 0 Å². The largest absolute Gasteiger partial charge is 0.118 e. The van der Waals surface area contributed by atoms with Crippen LogP contribution in [0.25, 0.3) is 0 Å². The molecule has 1 fully saturated rings. The minimum Gasteiger partial charge on any atom is -0.118 e. The predicted octanol–water partition coefficient (Wildman–Crippen LogP) is 6.21. The zero-order valence-corrected chi connectivity index (χ0v) is 12.8. The lowest BCUT2D eigenvalue weighted by molar-refractivity contribution is 0.480. The van der Waals surface area contributed by atoms with Crippen LogP contribution in [0.5, 0.6) is 0 Å². The van der Waals surface area contributed by atoms with Gasteiger partial charge in [-0.1, -0.05) is 43.4 Å². The molecule has 1 aromatic rings. The van der Waals surface area contributed by atoms with E-state index >= 15 is 0 Å². The molecule has 1 aromatic carbocycles. The van der Waals surface area contributed by atoms with Crippen LogP contribution in [0.4, 0.5) is 0 Å². The van der Waals surface area contributed by atoms with E-state index in [1.54, 1.807) is 0 Å². The van der Waals surface area contributed by atoms with Crippen LogP contribution >= 0.6 is 23.2 Å². The van der Waals surface area contributed by atoms with E-state index < -0.39 is 0 Å². The fourth-order valence-electron chi connectivity index (χ4n) is 2.88. The number of aryl methyl sites for hydroxylation is 2. The van der Waals surface area contributed by atoms with Crippen LogP contribution < -0.4 is 0 Å². The smallest absolute Gasteiger partial charge is 0.0600 e. The van der Waals surface area contributed by atoms with Crippen molar-refractivity contribution in [3.63, 3.8) is 0 Å². The van der Waals surface area contributed by atoms with E-state index in [1.165, 1.54) is 43.2 Å². The van der Waals surface area contributed by atoms with E-state index in [2.05, 4.69) is 19.9 Å². The van der Waals surface area contributed by atoms with E-state index in [4.69, 9.17) is 23.2 Å². The van der Waals surface area contributed by atoms with Crippen molar-refractivity contribution in [3.05, 3.63) is 33.8 Å². The lowest BCUT2D eigenvalue weighted by Crippen LogP contribution is -1.99. The molecule has 1 saturated carbocycles. The molecule has 0 aliphatic heterocycles. The first-order chi connectivity index (χ1) is 8.58. The van der Waals surface area contributed by atoms with Gasteiger partial charge >= 0.3 is 0 Å². The molecule has 2 heteroatoms. The van der Waals surface area contributed by atoms with E-state index in [-0.39, 0.29) is 5.38 Å². The number of hydrogen-bond donors (Lipinski definition) is 0. The first-order valence-electron chi connectivity index (χ1n) is 6.98. The lowest BCUT2D eigenvalue weighted by Gasteiger charge is -2.16. The van der Waals surface area contributed by atoms with Crippen molar-refractivity contribution in [2.24, 2.45) is 5.92 Å². The molecule has 0 radical (unpaired) electrons. The molecule has 0 amide bonds. The number of rotatable bonds is 4. The summed E-state index contributed by atoms with van der Waals surface area (Å²) in [5.41, 5.74) is 3.63. The van der Waals surface area contributed by atoms with Crippen LogP contribution in [-0.4, -0.2) is 0 Å². The Morgan fingerprint density at radius 3 is 2.44 bits per heavy atom.